The second-order valence-corrected chi connectivity index (χ2v) is 7.15. The van der Waals surface area contributed by atoms with E-state index in [1.165, 1.54) is 0 Å². The molecule has 0 aliphatic heterocycles. The largest absolute Gasteiger partial charge is 0.389 e. The minimum atomic E-state index is -0.638. The second-order valence-electron chi connectivity index (χ2n) is 7.15. The average Bonchev–Trinajstić information content (AvgIpc) is 2.67. The zero-order valence-electron chi connectivity index (χ0n) is 13.0. The highest BCUT2D eigenvalue weighted by molar-refractivity contribution is 5.79. The van der Waals surface area contributed by atoms with Gasteiger partial charge in [-0.2, -0.15) is 0 Å². The smallest absolute Gasteiger partial charge is 0.0707 e. The first-order valence-corrected chi connectivity index (χ1v) is 7.45. The highest BCUT2D eigenvalue weighted by Gasteiger charge is 2.32. The van der Waals surface area contributed by atoms with Crippen molar-refractivity contribution in [2.75, 3.05) is 0 Å². The van der Waals surface area contributed by atoms with Crippen molar-refractivity contribution in [1.29, 1.82) is 0 Å². The number of aromatic nitrogens is 2. The normalized spacial score (nSPS) is 15.4. The van der Waals surface area contributed by atoms with Crippen LogP contribution in [0.2, 0.25) is 0 Å². The van der Waals surface area contributed by atoms with Gasteiger partial charge in [-0.15, -0.1) is 0 Å². The molecule has 0 bridgehead atoms. The van der Waals surface area contributed by atoms with Gasteiger partial charge in [0, 0.05) is 35.4 Å². The van der Waals surface area contributed by atoms with Crippen LogP contribution in [0, 0.1) is 5.41 Å². The Morgan fingerprint density at radius 2 is 2.05 bits per heavy atom. The van der Waals surface area contributed by atoms with Crippen LogP contribution in [-0.4, -0.2) is 20.7 Å². The average molecular weight is 274 g/mol. The van der Waals surface area contributed by atoms with Crippen LogP contribution in [-0.2, 0) is 6.42 Å². The number of hydrogen-bond donors (Lipinski definition) is 2. The molecular formula is C17H26N2O. The van der Waals surface area contributed by atoms with E-state index in [1.807, 2.05) is 12.3 Å². The predicted molar refractivity (Wildman–Crippen MR) is 83.7 cm³/mol. The summed E-state index contributed by atoms with van der Waals surface area (Å²) < 4.78 is 0. The Morgan fingerprint density at radius 3 is 2.65 bits per heavy atom. The van der Waals surface area contributed by atoms with E-state index in [9.17, 15) is 5.11 Å². The molecule has 110 valence electrons. The van der Waals surface area contributed by atoms with Gasteiger partial charge in [0.25, 0.3) is 0 Å². The SMILES string of the molecule is CCCC(O)(Cc1cc2cnccc2[nH]1)CC(C)(C)C. The molecule has 0 aromatic carbocycles. The lowest BCUT2D eigenvalue weighted by atomic mass is 9.77. The number of H-pyrrole nitrogens is 1. The van der Waals surface area contributed by atoms with Crippen LogP contribution in [0.4, 0.5) is 0 Å². The summed E-state index contributed by atoms with van der Waals surface area (Å²) in [6, 6.07) is 4.08. The molecule has 2 heterocycles. The molecule has 0 aliphatic rings. The first kappa shape index (κ1) is 15.0. The molecule has 0 saturated heterocycles. The van der Waals surface area contributed by atoms with E-state index in [2.05, 4.69) is 43.7 Å². The molecule has 1 unspecified atom stereocenters. The number of nitrogens with one attached hydrogen (secondary N) is 1. The molecule has 3 heteroatoms. The lowest BCUT2D eigenvalue weighted by molar-refractivity contribution is -0.00689. The van der Waals surface area contributed by atoms with Crippen molar-refractivity contribution in [3.8, 4) is 0 Å². The molecule has 0 radical (unpaired) electrons. The third-order valence-corrected chi connectivity index (χ3v) is 3.57. The number of fused-ring (bicyclic) bond motifs is 1. The molecule has 0 saturated carbocycles. The zero-order chi connectivity index (χ0) is 14.8. The maximum absolute atomic E-state index is 11.0. The highest BCUT2D eigenvalue weighted by Crippen LogP contribution is 2.33. The fourth-order valence-corrected chi connectivity index (χ4v) is 3.17. The van der Waals surface area contributed by atoms with Crippen molar-refractivity contribution < 1.29 is 5.11 Å². The summed E-state index contributed by atoms with van der Waals surface area (Å²) in [4.78, 5) is 7.53. The van der Waals surface area contributed by atoms with E-state index in [0.717, 1.165) is 35.9 Å². The molecular weight excluding hydrogens is 248 g/mol. The molecule has 0 fully saturated rings. The van der Waals surface area contributed by atoms with Gasteiger partial charge in [-0.25, -0.2) is 0 Å². The van der Waals surface area contributed by atoms with E-state index in [0.29, 0.717) is 6.42 Å². The maximum atomic E-state index is 11.0. The van der Waals surface area contributed by atoms with Crippen molar-refractivity contribution in [2.24, 2.45) is 5.41 Å². The van der Waals surface area contributed by atoms with E-state index in [4.69, 9.17) is 0 Å². The molecule has 0 spiro atoms. The fraction of sp³-hybridized carbons (Fsp3) is 0.588. The van der Waals surface area contributed by atoms with E-state index in [1.54, 1.807) is 6.20 Å². The van der Waals surface area contributed by atoms with Crippen LogP contribution < -0.4 is 0 Å². The molecule has 2 rings (SSSR count). The number of aliphatic hydroxyl groups is 1. The number of aromatic amines is 1. The number of hydrogen-bond acceptors (Lipinski definition) is 2. The van der Waals surface area contributed by atoms with E-state index < -0.39 is 5.60 Å². The van der Waals surface area contributed by atoms with Crippen LogP contribution >= 0.6 is 0 Å². The van der Waals surface area contributed by atoms with Crippen molar-refractivity contribution in [2.45, 2.75) is 59.0 Å². The standard InChI is InChI=1S/C17H26N2O/c1-5-7-17(20,12-16(2,3)4)10-14-9-13-11-18-8-6-15(13)19-14/h6,8-9,11,19-20H,5,7,10,12H2,1-4H3. The zero-order valence-corrected chi connectivity index (χ0v) is 13.0. The van der Waals surface area contributed by atoms with Crippen LogP contribution in [0.3, 0.4) is 0 Å². The predicted octanol–water partition coefficient (Wildman–Crippen LogP) is 4.07. The summed E-state index contributed by atoms with van der Waals surface area (Å²) in [6.07, 6.45) is 6.95. The topological polar surface area (TPSA) is 48.9 Å². The molecule has 2 N–H and O–H groups in total. The first-order valence-electron chi connectivity index (χ1n) is 7.45. The molecule has 2 aromatic rings. The van der Waals surface area contributed by atoms with Gasteiger partial charge in [0.05, 0.1) is 5.60 Å². The van der Waals surface area contributed by atoms with Gasteiger partial charge < -0.3 is 10.1 Å². The molecule has 0 amide bonds. The summed E-state index contributed by atoms with van der Waals surface area (Å²) >= 11 is 0. The first-order chi connectivity index (χ1) is 9.31. The number of pyridine rings is 1. The fourth-order valence-electron chi connectivity index (χ4n) is 3.17. The second kappa shape index (κ2) is 5.57. The van der Waals surface area contributed by atoms with Gasteiger partial charge in [-0.3, -0.25) is 4.98 Å². The quantitative estimate of drug-likeness (QED) is 0.863. The molecule has 20 heavy (non-hydrogen) atoms. The lowest BCUT2D eigenvalue weighted by Gasteiger charge is -2.34. The summed E-state index contributed by atoms with van der Waals surface area (Å²) in [5.74, 6) is 0. The molecule has 3 nitrogen and oxygen atoms in total. The van der Waals surface area contributed by atoms with E-state index in [-0.39, 0.29) is 5.41 Å². The van der Waals surface area contributed by atoms with Gasteiger partial charge in [-0.1, -0.05) is 34.1 Å². The van der Waals surface area contributed by atoms with Gasteiger partial charge >= 0.3 is 0 Å². The monoisotopic (exact) mass is 274 g/mol. The Kier molecular flexibility index (Phi) is 4.19. The third kappa shape index (κ3) is 3.83. The van der Waals surface area contributed by atoms with Crippen molar-refractivity contribution in [3.63, 3.8) is 0 Å². The van der Waals surface area contributed by atoms with Gasteiger partial charge in [0.15, 0.2) is 0 Å². The van der Waals surface area contributed by atoms with Gasteiger partial charge in [-0.05, 0) is 30.4 Å². The van der Waals surface area contributed by atoms with Crippen LogP contribution in [0.15, 0.2) is 24.5 Å². The van der Waals surface area contributed by atoms with Crippen LogP contribution in [0.1, 0.15) is 52.7 Å². The summed E-state index contributed by atoms with van der Waals surface area (Å²) in [5, 5.41) is 12.1. The summed E-state index contributed by atoms with van der Waals surface area (Å²) in [6.45, 7) is 8.68. The minimum Gasteiger partial charge on any atom is -0.389 e. The van der Waals surface area contributed by atoms with Gasteiger partial charge in [0.1, 0.15) is 0 Å². The van der Waals surface area contributed by atoms with Crippen LogP contribution in [0.25, 0.3) is 10.9 Å². The maximum Gasteiger partial charge on any atom is 0.0707 e. The minimum absolute atomic E-state index is 0.123. The Hall–Kier alpha value is -1.35. The Bertz CT molecular complexity index is 535. The Labute approximate surface area is 121 Å². The summed E-state index contributed by atoms with van der Waals surface area (Å²) in [5.41, 5.74) is 1.66. The molecule has 0 aliphatic carbocycles. The summed E-state index contributed by atoms with van der Waals surface area (Å²) in [7, 11) is 0. The third-order valence-electron chi connectivity index (χ3n) is 3.57. The number of rotatable bonds is 5. The lowest BCUT2D eigenvalue weighted by Crippen LogP contribution is -2.36. The molecule has 2 aromatic heterocycles. The van der Waals surface area contributed by atoms with Gasteiger partial charge in [0.2, 0.25) is 0 Å². The van der Waals surface area contributed by atoms with Crippen molar-refractivity contribution in [1.82, 2.24) is 9.97 Å². The Balaban J connectivity index is 2.22. The Morgan fingerprint density at radius 1 is 1.30 bits per heavy atom. The van der Waals surface area contributed by atoms with Crippen LogP contribution in [0.5, 0.6) is 0 Å². The van der Waals surface area contributed by atoms with Crippen molar-refractivity contribution in [3.05, 3.63) is 30.2 Å². The molecule has 1 atom stereocenters. The highest BCUT2D eigenvalue weighted by atomic mass is 16.3. The van der Waals surface area contributed by atoms with E-state index >= 15 is 0 Å². The number of nitrogens with zero attached hydrogens (tertiary/aromatic N) is 1. The van der Waals surface area contributed by atoms with Crippen molar-refractivity contribution >= 4 is 10.9 Å².